The Morgan fingerprint density at radius 2 is 2.05 bits per heavy atom. The highest BCUT2D eigenvalue weighted by atomic mass is 32.1. The predicted molar refractivity (Wildman–Crippen MR) is 93.5 cm³/mol. The number of anilines is 1. The molecule has 0 bridgehead atoms. The summed E-state index contributed by atoms with van der Waals surface area (Å²) in [7, 11) is 0. The van der Waals surface area contributed by atoms with Crippen LogP contribution in [0.5, 0.6) is 0 Å². The molecule has 6 heteroatoms. The van der Waals surface area contributed by atoms with Gasteiger partial charge in [0.1, 0.15) is 5.00 Å². The molecule has 0 saturated heterocycles. The minimum Gasteiger partial charge on any atom is -0.462 e. The van der Waals surface area contributed by atoms with Crippen LogP contribution in [0.4, 0.5) is 5.00 Å². The zero-order valence-electron chi connectivity index (χ0n) is 13.2. The van der Waals surface area contributed by atoms with Gasteiger partial charge in [0.25, 0.3) is 0 Å². The normalized spacial score (nSPS) is 10.3. The van der Waals surface area contributed by atoms with Gasteiger partial charge < -0.3 is 15.4 Å². The van der Waals surface area contributed by atoms with Gasteiger partial charge in [-0.3, -0.25) is 0 Å². The highest BCUT2D eigenvalue weighted by Crippen LogP contribution is 2.34. The molecule has 0 radical (unpaired) electrons. The molecule has 1 aromatic rings. The Morgan fingerprint density at radius 3 is 2.62 bits per heavy atom. The molecular formula is C15H24N2O2S2. The smallest absolute Gasteiger partial charge is 0.341 e. The van der Waals surface area contributed by atoms with E-state index in [0.29, 0.717) is 17.3 Å². The van der Waals surface area contributed by atoms with E-state index in [4.69, 9.17) is 17.0 Å². The lowest BCUT2D eigenvalue weighted by Crippen LogP contribution is -2.29. The van der Waals surface area contributed by atoms with E-state index < -0.39 is 0 Å². The maximum atomic E-state index is 12.2. The lowest BCUT2D eigenvalue weighted by molar-refractivity contribution is 0.0527. The number of ether oxygens (including phenoxy) is 1. The quantitative estimate of drug-likeness (QED) is 0.452. The van der Waals surface area contributed by atoms with Crippen LogP contribution in [0.1, 0.15) is 54.4 Å². The molecule has 0 atom stereocenters. The average Bonchev–Trinajstić information content (AvgIpc) is 2.74. The molecule has 0 spiro atoms. The third-order valence-corrected chi connectivity index (χ3v) is 4.39. The number of esters is 1. The molecule has 0 aliphatic carbocycles. The average molecular weight is 329 g/mol. The molecule has 1 heterocycles. The fourth-order valence-corrected chi connectivity index (χ4v) is 3.44. The van der Waals surface area contributed by atoms with Crippen molar-refractivity contribution in [2.45, 2.75) is 47.0 Å². The Hall–Kier alpha value is -1.14. The number of carbonyl (C=O) groups excluding carboxylic acids is 1. The number of carbonyl (C=O) groups is 1. The number of nitrogens with one attached hydrogen (secondary N) is 2. The van der Waals surface area contributed by atoms with Gasteiger partial charge in [0.15, 0.2) is 5.11 Å². The van der Waals surface area contributed by atoms with Gasteiger partial charge in [0.2, 0.25) is 0 Å². The summed E-state index contributed by atoms with van der Waals surface area (Å²) >= 11 is 6.83. The van der Waals surface area contributed by atoms with Crippen LogP contribution < -0.4 is 10.6 Å². The monoisotopic (exact) mass is 328 g/mol. The summed E-state index contributed by atoms with van der Waals surface area (Å²) in [5, 5.41) is 7.62. The van der Waals surface area contributed by atoms with Crippen molar-refractivity contribution in [3.63, 3.8) is 0 Å². The molecule has 1 aromatic heterocycles. The number of thiophene rings is 1. The predicted octanol–water partition coefficient (Wildman–Crippen LogP) is 3.88. The van der Waals surface area contributed by atoms with Crippen LogP contribution in [-0.2, 0) is 11.2 Å². The second kappa shape index (κ2) is 9.00. The Labute approximate surface area is 136 Å². The standard InChI is InChI=1S/C15H24N2O2S2/c1-5-8-9-16-15(20)17-13-12(14(18)19-7-3)11(6-2)10(4)21-13/h5-9H2,1-4H3,(H2,16,17,20). The van der Waals surface area contributed by atoms with Crippen molar-refractivity contribution in [1.82, 2.24) is 5.32 Å². The summed E-state index contributed by atoms with van der Waals surface area (Å²) in [6.07, 6.45) is 2.98. The second-order valence-electron chi connectivity index (χ2n) is 4.65. The van der Waals surface area contributed by atoms with Crippen LogP contribution in [0.3, 0.4) is 0 Å². The first-order valence-electron chi connectivity index (χ1n) is 7.39. The van der Waals surface area contributed by atoms with Crippen molar-refractivity contribution in [3.8, 4) is 0 Å². The number of hydrogen-bond donors (Lipinski definition) is 2. The van der Waals surface area contributed by atoms with Crippen molar-refractivity contribution in [1.29, 1.82) is 0 Å². The van der Waals surface area contributed by atoms with Crippen LogP contribution >= 0.6 is 23.6 Å². The summed E-state index contributed by atoms with van der Waals surface area (Å²) in [5.74, 6) is -0.280. The molecule has 0 fully saturated rings. The molecule has 0 amide bonds. The molecule has 21 heavy (non-hydrogen) atoms. The van der Waals surface area contributed by atoms with Gasteiger partial charge in [-0.2, -0.15) is 0 Å². The first kappa shape index (κ1) is 17.9. The van der Waals surface area contributed by atoms with E-state index in [1.165, 1.54) is 0 Å². The van der Waals surface area contributed by atoms with E-state index in [2.05, 4.69) is 17.6 Å². The lowest BCUT2D eigenvalue weighted by atomic mass is 10.1. The second-order valence-corrected chi connectivity index (χ2v) is 6.28. The molecule has 0 unspecified atom stereocenters. The minimum atomic E-state index is -0.280. The van der Waals surface area contributed by atoms with E-state index in [9.17, 15) is 4.79 Å². The molecule has 4 nitrogen and oxygen atoms in total. The summed E-state index contributed by atoms with van der Waals surface area (Å²) in [6, 6.07) is 0. The van der Waals surface area contributed by atoms with Crippen molar-refractivity contribution in [3.05, 3.63) is 16.0 Å². The summed E-state index contributed by atoms with van der Waals surface area (Å²) in [5.41, 5.74) is 1.67. The Balaban J connectivity index is 2.90. The largest absolute Gasteiger partial charge is 0.462 e. The lowest BCUT2D eigenvalue weighted by Gasteiger charge is -2.11. The fourth-order valence-electron chi connectivity index (χ4n) is 2.04. The molecule has 0 aromatic carbocycles. The van der Waals surface area contributed by atoms with E-state index in [1.807, 2.05) is 20.8 Å². The summed E-state index contributed by atoms with van der Waals surface area (Å²) in [6.45, 7) is 9.21. The minimum absolute atomic E-state index is 0.280. The molecule has 0 aliphatic heterocycles. The van der Waals surface area contributed by atoms with Gasteiger partial charge in [-0.25, -0.2) is 4.79 Å². The zero-order chi connectivity index (χ0) is 15.8. The Morgan fingerprint density at radius 1 is 1.33 bits per heavy atom. The first-order valence-corrected chi connectivity index (χ1v) is 8.61. The van der Waals surface area contributed by atoms with Crippen molar-refractivity contribution in [2.75, 3.05) is 18.5 Å². The van der Waals surface area contributed by atoms with E-state index >= 15 is 0 Å². The van der Waals surface area contributed by atoms with E-state index in [-0.39, 0.29) is 5.97 Å². The van der Waals surface area contributed by atoms with Gasteiger partial charge in [0.05, 0.1) is 12.2 Å². The van der Waals surface area contributed by atoms with E-state index in [1.54, 1.807) is 11.3 Å². The van der Waals surface area contributed by atoms with Crippen LogP contribution in [-0.4, -0.2) is 24.2 Å². The third-order valence-electron chi connectivity index (χ3n) is 3.09. The Bertz CT molecular complexity index is 498. The van der Waals surface area contributed by atoms with E-state index in [0.717, 1.165) is 41.2 Å². The molecular weight excluding hydrogens is 304 g/mol. The third kappa shape index (κ3) is 4.97. The number of rotatable bonds is 7. The fraction of sp³-hybridized carbons (Fsp3) is 0.600. The van der Waals surface area contributed by atoms with Gasteiger partial charge in [-0.1, -0.05) is 20.3 Å². The summed E-state index contributed by atoms with van der Waals surface area (Å²) in [4.78, 5) is 13.3. The summed E-state index contributed by atoms with van der Waals surface area (Å²) < 4.78 is 5.17. The highest BCUT2D eigenvalue weighted by Gasteiger charge is 2.22. The SMILES string of the molecule is CCCCNC(=S)Nc1sc(C)c(CC)c1C(=O)OCC. The van der Waals surface area contributed by atoms with Gasteiger partial charge in [-0.15, -0.1) is 11.3 Å². The molecule has 0 aliphatic rings. The maximum absolute atomic E-state index is 12.2. The molecule has 0 saturated carbocycles. The first-order chi connectivity index (χ1) is 10.0. The number of aryl methyl sites for hydroxylation is 1. The van der Waals surface area contributed by atoms with Gasteiger partial charge >= 0.3 is 5.97 Å². The zero-order valence-corrected chi connectivity index (χ0v) is 14.8. The molecule has 1 rings (SSSR count). The van der Waals surface area contributed by atoms with Crippen LogP contribution in [0, 0.1) is 6.92 Å². The van der Waals surface area contributed by atoms with Gasteiger partial charge in [0, 0.05) is 11.4 Å². The van der Waals surface area contributed by atoms with Crippen molar-refractivity contribution < 1.29 is 9.53 Å². The number of thiocarbonyl (C=S) groups is 1. The van der Waals surface area contributed by atoms with Gasteiger partial charge in [-0.05, 0) is 44.5 Å². The maximum Gasteiger partial charge on any atom is 0.341 e. The van der Waals surface area contributed by atoms with Crippen LogP contribution in [0.2, 0.25) is 0 Å². The number of hydrogen-bond acceptors (Lipinski definition) is 4. The van der Waals surface area contributed by atoms with Crippen molar-refractivity contribution in [2.24, 2.45) is 0 Å². The Kier molecular flexibility index (Phi) is 7.67. The highest BCUT2D eigenvalue weighted by molar-refractivity contribution is 7.80. The topological polar surface area (TPSA) is 50.4 Å². The van der Waals surface area contributed by atoms with Crippen molar-refractivity contribution >= 4 is 39.6 Å². The van der Waals surface area contributed by atoms with Crippen LogP contribution in [0.15, 0.2) is 0 Å². The molecule has 2 N–H and O–H groups in total. The molecule has 118 valence electrons. The number of unbranched alkanes of at least 4 members (excludes halogenated alkanes) is 1. The van der Waals surface area contributed by atoms with Crippen LogP contribution in [0.25, 0.3) is 0 Å².